The summed E-state index contributed by atoms with van der Waals surface area (Å²) >= 11 is 0. The van der Waals surface area contributed by atoms with Gasteiger partial charge in [0.1, 0.15) is 0 Å². The number of nitrogens with two attached hydrogens (primary N) is 1. The van der Waals surface area contributed by atoms with Crippen molar-refractivity contribution in [3.63, 3.8) is 0 Å². The first-order valence-electron chi connectivity index (χ1n) is 6.94. The average molecular weight is 268 g/mol. The summed E-state index contributed by atoms with van der Waals surface area (Å²) < 4.78 is 27.1. The number of piperidine rings is 1. The number of nitrogens with zero attached hydrogens (tertiary/aromatic N) is 1. The Kier molecular flexibility index (Phi) is 4.53. The quantitative estimate of drug-likeness (QED) is 0.912. The van der Waals surface area contributed by atoms with Gasteiger partial charge in [0.25, 0.3) is 0 Å². The maximum atomic E-state index is 13.8. The summed E-state index contributed by atoms with van der Waals surface area (Å²) in [5.74, 6) is -1.06. The van der Waals surface area contributed by atoms with Crippen molar-refractivity contribution >= 4 is 0 Å². The normalized spacial score (nSPS) is 24.2. The number of rotatable bonds is 3. The van der Waals surface area contributed by atoms with Crippen LogP contribution in [0.5, 0.6) is 0 Å². The van der Waals surface area contributed by atoms with E-state index in [1.54, 1.807) is 12.1 Å². The van der Waals surface area contributed by atoms with E-state index >= 15 is 0 Å². The maximum Gasteiger partial charge on any atom is 0.163 e. The first-order chi connectivity index (χ1) is 9.00. The Balaban J connectivity index is 2.14. The lowest BCUT2D eigenvalue weighted by Crippen LogP contribution is -2.43. The van der Waals surface area contributed by atoms with Gasteiger partial charge >= 0.3 is 0 Å². The van der Waals surface area contributed by atoms with Crippen LogP contribution in [-0.2, 0) is 0 Å². The number of hydrogen-bond donors (Lipinski definition) is 1. The molecule has 19 heavy (non-hydrogen) atoms. The van der Waals surface area contributed by atoms with Crippen molar-refractivity contribution in [2.24, 2.45) is 11.7 Å². The van der Waals surface area contributed by atoms with Gasteiger partial charge in [-0.25, -0.2) is 8.78 Å². The zero-order chi connectivity index (χ0) is 14.0. The molecule has 2 rings (SSSR count). The fraction of sp³-hybridized carbons (Fsp3) is 0.600. The minimum atomic E-state index is -0.773. The fourth-order valence-corrected chi connectivity index (χ4v) is 2.86. The Labute approximate surface area is 113 Å². The van der Waals surface area contributed by atoms with Crippen molar-refractivity contribution < 1.29 is 8.78 Å². The second-order valence-electron chi connectivity index (χ2n) is 5.58. The molecule has 1 aromatic rings. The third-order valence-electron chi connectivity index (χ3n) is 4.21. The molecule has 1 aromatic carbocycles. The standard InChI is InChI=1S/C15H22F2N2/c1-10(18)12-5-4-8-19(9-12)11(2)13-6-3-7-14(16)15(13)17/h3,6-7,10-12H,4-5,8-9,18H2,1-2H3. The number of likely N-dealkylation sites (tertiary alicyclic amines) is 1. The lowest BCUT2D eigenvalue weighted by atomic mass is 9.90. The van der Waals surface area contributed by atoms with Crippen LogP contribution in [0.2, 0.25) is 0 Å². The van der Waals surface area contributed by atoms with Gasteiger partial charge < -0.3 is 5.73 Å². The van der Waals surface area contributed by atoms with E-state index in [0.29, 0.717) is 11.5 Å². The predicted octanol–water partition coefficient (Wildman–Crippen LogP) is 3.09. The van der Waals surface area contributed by atoms with Gasteiger partial charge in [0.2, 0.25) is 0 Å². The number of benzene rings is 1. The van der Waals surface area contributed by atoms with Gasteiger partial charge in [-0.05, 0) is 45.2 Å². The summed E-state index contributed by atoms with van der Waals surface area (Å²) in [5.41, 5.74) is 6.40. The largest absolute Gasteiger partial charge is 0.328 e. The van der Waals surface area contributed by atoms with E-state index in [-0.39, 0.29) is 12.1 Å². The smallest absolute Gasteiger partial charge is 0.163 e. The highest BCUT2D eigenvalue weighted by Gasteiger charge is 2.27. The molecule has 0 aromatic heterocycles. The zero-order valence-electron chi connectivity index (χ0n) is 11.6. The second-order valence-corrected chi connectivity index (χ2v) is 5.58. The lowest BCUT2D eigenvalue weighted by molar-refractivity contribution is 0.119. The molecule has 3 atom stereocenters. The minimum absolute atomic E-state index is 0.114. The van der Waals surface area contributed by atoms with Crippen LogP contribution in [0.25, 0.3) is 0 Å². The Morgan fingerprint density at radius 3 is 2.74 bits per heavy atom. The molecule has 0 saturated carbocycles. The van der Waals surface area contributed by atoms with Crippen LogP contribution in [0, 0.1) is 17.6 Å². The molecule has 3 unspecified atom stereocenters. The van der Waals surface area contributed by atoms with Crippen LogP contribution in [0.3, 0.4) is 0 Å². The van der Waals surface area contributed by atoms with Gasteiger partial charge in [-0.2, -0.15) is 0 Å². The molecule has 1 heterocycles. The SMILES string of the molecule is CC(N)C1CCCN(C(C)c2cccc(F)c2F)C1. The fourth-order valence-electron chi connectivity index (χ4n) is 2.86. The highest BCUT2D eigenvalue weighted by Crippen LogP contribution is 2.29. The van der Waals surface area contributed by atoms with Crippen LogP contribution in [0.1, 0.15) is 38.3 Å². The summed E-state index contributed by atoms with van der Waals surface area (Å²) in [4.78, 5) is 2.20. The van der Waals surface area contributed by atoms with Crippen molar-refractivity contribution in [3.05, 3.63) is 35.4 Å². The molecule has 0 aliphatic carbocycles. The van der Waals surface area contributed by atoms with Crippen molar-refractivity contribution in [2.75, 3.05) is 13.1 Å². The van der Waals surface area contributed by atoms with Gasteiger partial charge in [0, 0.05) is 24.2 Å². The highest BCUT2D eigenvalue weighted by molar-refractivity contribution is 5.22. The Morgan fingerprint density at radius 2 is 2.05 bits per heavy atom. The summed E-state index contributed by atoms with van der Waals surface area (Å²) in [5, 5.41) is 0. The Morgan fingerprint density at radius 1 is 1.32 bits per heavy atom. The van der Waals surface area contributed by atoms with Crippen LogP contribution in [0.4, 0.5) is 8.78 Å². The van der Waals surface area contributed by atoms with Crippen LogP contribution < -0.4 is 5.73 Å². The van der Waals surface area contributed by atoms with Crippen molar-refractivity contribution in [2.45, 2.75) is 38.8 Å². The number of hydrogen-bond acceptors (Lipinski definition) is 2. The molecule has 2 nitrogen and oxygen atoms in total. The average Bonchev–Trinajstić information content (AvgIpc) is 2.41. The van der Waals surface area contributed by atoms with Crippen molar-refractivity contribution in [1.29, 1.82) is 0 Å². The third kappa shape index (κ3) is 3.12. The van der Waals surface area contributed by atoms with Crippen molar-refractivity contribution in [3.8, 4) is 0 Å². The Bertz CT molecular complexity index is 434. The van der Waals surface area contributed by atoms with Crippen LogP contribution in [-0.4, -0.2) is 24.0 Å². The van der Waals surface area contributed by atoms with E-state index in [2.05, 4.69) is 4.90 Å². The van der Waals surface area contributed by atoms with Crippen LogP contribution in [0.15, 0.2) is 18.2 Å². The maximum absolute atomic E-state index is 13.8. The summed E-state index contributed by atoms with van der Waals surface area (Å²) in [6.45, 7) is 5.72. The molecule has 0 radical (unpaired) electrons. The molecule has 1 aliphatic heterocycles. The summed E-state index contributed by atoms with van der Waals surface area (Å²) in [6.07, 6.45) is 2.18. The molecule has 4 heteroatoms. The van der Waals surface area contributed by atoms with Gasteiger partial charge in [0.05, 0.1) is 0 Å². The molecular weight excluding hydrogens is 246 g/mol. The monoisotopic (exact) mass is 268 g/mol. The molecule has 0 bridgehead atoms. The predicted molar refractivity (Wildman–Crippen MR) is 72.7 cm³/mol. The summed E-state index contributed by atoms with van der Waals surface area (Å²) in [7, 11) is 0. The van der Waals surface area contributed by atoms with Crippen LogP contribution >= 0.6 is 0 Å². The molecule has 1 saturated heterocycles. The van der Waals surface area contributed by atoms with E-state index in [1.807, 2.05) is 13.8 Å². The molecular formula is C15H22F2N2. The zero-order valence-corrected chi connectivity index (χ0v) is 11.6. The van der Waals surface area contributed by atoms with E-state index < -0.39 is 11.6 Å². The molecule has 1 fully saturated rings. The highest BCUT2D eigenvalue weighted by atomic mass is 19.2. The van der Waals surface area contributed by atoms with E-state index in [1.165, 1.54) is 0 Å². The molecule has 0 amide bonds. The molecule has 2 N–H and O–H groups in total. The Hall–Kier alpha value is -1.00. The van der Waals surface area contributed by atoms with Crippen molar-refractivity contribution in [1.82, 2.24) is 4.90 Å². The van der Waals surface area contributed by atoms with E-state index in [4.69, 9.17) is 5.73 Å². The first kappa shape index (κ1) is 14.4. The summed E-state index contributed by atoms with van der Waals surface area (Å²) in [6, 6.07) is 4.42. The van der Waals surface area contributed by atoms with Gasteiger partial charge in [-0.15, -0.1) is 0 Å². The topological polar surface area (TPSA) is 29.3 Å². The third-order valence-corrected chi connectivity index (χ3v) is 4.21. The molecule has 1 aliphatic rings. The molecule has 0 spiro atoms. The first-order valence-corrected chi connectivity index (χ1v) is 6.94. The molecule has 106 valence electrons. The van der Waals surface area contributed by atoms with E-state index in [9.17, 15) is 8.78 Å². The minimum Gasteiger partial charge on any atom is -0.328 e. The van der Waals surface area contributed by atoms with E-state index in [0.717, 1.165) is 32.0 Å². The van der Waals surface area contributed by atoms with Gasteiger partial charge in [0.15, 0.2) is 11.6 Å². The number of halogens is 2. The lowest BCUT2D eigenvalue weighted by Gasteiger charge is -2.38. The van der Waals surface area contributed by atoms with Gasteiger partial charge in [-0.1, -0.05) is 12.1 Å². The second kappa shape index (κ2) is 5.97. The van der Waals surface area contributed by atoms with Gasteiger partial charge in [-0.3, -0.25) is 4.90 Å².